The molecule has 1 fully saturated rings. The monoisotopic (exact) mass is 525 g/mol. The fourth-order valence-corrected chi connectivity index (χ4v) is 4.64. The van der Waals surface area contributed by atoms with Crippen molar-refractivity contribution < 1.29 is 28.9 Å². The number of ketones is 1. The zero-order chi connectivity index (χ0) is 26.5. The minimum absolute atomic E-state index is 0.0561. The van der Waals surface area contributed by atoms with E-state index in [4.69, 9.17) is 25.8 Å². The quantitative estimate of drug-likeness (QED) is 0.237. The molecular weight excluding hydrogens is 498 g/mol. The number of hydrogen-bond donors (Lipinski definition) is 1. The van der Waals surface area contributed by atoms with Crippen LogP contribution < -0.4 is 14.2 Å². The van der Waals surface area contributed by atoms with Crippen molar-refractivity contribution in [3.05, 3.63) is 76.8 Å². The summed E-state index contributed by atoms with van der Waals surface area (Å²) in [5.41, 5.74) is 0.749. The van der Waals surface area contributed by atoms with Crippen molar-refractivity contribution in [2.45, 2.75) is 25.9 Å². The zero-order valence-corrected chi connectivity index (χ0v) is 21.6. The van der Waals surface area contributed by atoms with Crippen molar-refractivity contribution in [2.75, 3.05) is 27.4 Å². The Morgan fingerprint density at radius 3 is 2.51 bits per heavy atom. The number of rotatable bonds is 10. The SMILES string of the molecule is CCOc1ccc(C(O)=C2C(=O)C(=O)N(CCCn3ccnc3)[C@@H]2c2cc(OC)ccc2OC)cc1Cl. The summed E-state index contributed by atoms with van der Waals surface area (Å²) < 4.78 is 18.3. The molecule has 2 heterocycles. The predicted molar refractivity (Wildman–Crippen MR) is 138 cm³/mol. The van der Waals surface area contributed by atoms with Gasteiger partial charge in [0, 0.05) is 36.6 Å². The van der Waals surface area contributed by atoms with Gasteiger partial charge in [-0.05, 0) is 49.7 Å². The Hall–Kier alpha value is -3.98. The van der Waals surface area contributed by atoms with E-state index in [2.05, 4.69) is 4.98 Å². The first-order valence-corrected chi connectivity index (χ1v) is 12.2. The average molecular weight is 526 g/mol. The van der Waals surface area contributed by atoms with Crippen LogP contribution in [0.5, 0.6) is 17.2 Å². The molecule has 1 atom stereocenters. The Kier molecular flexibility index (Phi) is 8.03. The third-order valence-corrected chi connectivity index (χ3v) is 6.45. The molecule has 4 rings (SSSR count). The smallest absolute Gasteiger partial charge is 0.295 e. The summed E-state index contributed by atoms with van der Waals surface area (Å²) in [6, 6.07) is 8.94. The van der Waals surface area contributed by atoms with Gasteiger partial charge in [0.2, 0.25) is 0 Å². The van der Waals surface area contributed by atoms with Crippen LogP contribution in [-0.2, 0) is 16.1 Å². The Morgan fingerprint density at radius 1 is 1.08 bits per heavy atom. The molecule has 3 aromatic rings. The lowest BCUT2D eigenvalue weighted by atomic mass is 9.94. The molecule has 0 aliphatic carbocycles. The minimum atomic E-state index is -0.904. The molecule has 37 heavy (non-hydrogen) atoms. The maximum Gasteiger partial charge on any atom is 0.295 e. The van der Waals surface area contributed by atoms with Crippen LogP contribution in [0.25, 0.3) is 5.76 Å². The van der Waals surface area contributed by atoms with E-state index in [0.29, 0.717) is 42.4 Å². The van der Waals surface area contributed by atoms with Crippen LogP contribution in [0.15, 0.2) is 60.7 Å². The van der Waals surface area contributed by atoms with E-state index in [-0.39, 0.29) is 28.5 Å². The van der Waals surface area contributed by atoms with Crippen LogP contribution in [0.2, 0.25) is 5.02 Å². The number of ether oxygens (including phenoxy) is 3. The second kappa shape index (κ2) is 11.4. The van der Waals surface area contributed by atoms with Crippen molar-refractivity contribution in [2.24, 2.45) is 0 Å². The number of halogens is 1. The molecule has 9 nitrogen and oxygen atoms in total. The summed E-state index contributed by atoms with van der Waals surface area (Å²) >= 11 is 6.35. The maximum absolute atomic E-state index is 13.4. The highest BCUT2D eigenvalue weighted by Crippen LogP contribution is 2.44. The standard InChI is InChI=1S/C27H28ClN3O6/c1-4-37-22-8-6-17(14-20(22)28)25(32)23-24(19-15-18(35-2)7-9-21(19)36-3)31(27(34)26(23)33)12-5-11-30-13-10-29-16-30/h6-10,13-16,24,32H,4-5,11-12H2,1-3H3/t24-/m1/s1. The number of carbonyl (C=O) groups is 2. The van der Waals surface area contributed by atoms with Gasteiger partial charge in [-0.2, -0.15) is 0 Å². The number of aliphatic hydroxyl groups excluding tert-OH is 1. The second-order valence-corrected chi connectivity index (χ2v) is 8.74. The van der Waals surface area contributed by atoms with Crippen molar-refractivity contribution in [3.63, 3.8) is 0 Å². The molecule has 2 aromatic carbocycles. The van der Waals surface area contributed by atoms with Crippen molar-refractivity contribution >= 4 is 29.1 Å². The number of amides is 1. The number of hydrogen-bond acceptors (Lipinski definition) is 7. The molecular formula is C27H28ClN3O6. The molecule has 10 heteroatoms. The van der Waals surface area contributed by atoms with Crippen molar-refractivity contribution in [3.8, 4) is 17.2 Å². The fraction of sp³-hybridized carbons (Fsp3) is 0.296. The second-order valence-electron chi connectivity index (χ2n) is 8.33. The summed E-state index contributed by atoms with van der Waals surface area (Å²) in [5, 5.41) is 11.6. The van der Waals surface area contributed by atoms with Crippen LogP contribution in [0.3, 0.4) is 0 Å². The van der Waals surface area contributed by atoms with E-state index in [9.17, 15) is 14.7 Å². The van der Waals surface area contributed by atoms with Crippen molar-refractivity contribution in [1.29, 1.82) is 0 Å². The Balaban J connectivity index is 1.81. The molecule has 0 unspecified atom stereocenters. The van der Waals surface area contributed by atoms with Crippen LogP contribution in [0.4, 0.5) is 0 Å². The highest BCUT2D eigenvalue weighted by atomic mass is 35.5. The summed E-state index contributed by atoms with van der Waals surface area (Å²) in [6.45, 7) is 3.11. The van der Waals surface area contributed by atoms with Gasteiger partial charge in [0.05, 0.1) is 43.8 Å². The van der Waals surface area contributed by atoms with Gasteiger partial charge in [0.1, 0.15) is 23.0 Å². The number of aryl methyl sites for hydroxylation is 1. The predicted octanol–water partition coefficient (Wildman–Crippen LogP) is 4.46. The molecule has 1 aliphatic heterocycles. The molecule has 0 bridgehead atoms. The number of nitrogens with zero attached hydrogens (tertiary/aromatic N) is 3. The zero-order valence-electron chi connectivity index (χ0n) is 20.8. The molecule has 1 aromatic heterocycles. The lowest BCUT2D eigenvalue weighted by Gasteiger charge is -2.27. The average Bonchev–Trinajstić information content (AvgIpc) is 3.51. The van der Waals surface area contributed by atoms with E-state index in [1.54, 1.807) is 42.9 Å². The van der Waals surface area contributed by atoms with Crippen molar-refractivity contribution in [1.82, 2.24) is 14.5 Å². The van der Waals surface area contributed by atoms with Crippen LogP contribution in [0.1, 0.15) is 30.5 Å². The Labute approximate surface area is 219 Å². The molecule has 0 spiro atoms. The van der Waals surface area contributed by atoms with Crippen LogP contribution in [0, 0.1) is 0 Å². The Bertz CT molecular complexity index is 1320. The number of aliphatic hydroxyl groups is 1. The van der Waals surface area contributed by atoms with Gasteiger partial charge in [0.25, 0.3) is 11.7 Å². The van der Waals surface area contributed by atoms with E-state index in [0.717, 1.165) is 0 Å². The molecule has 0 radical (unpaired) electrons. The first kappa shape index (κ1) is 26.1. The maximum atomic E-state index is 13.4. The van der Waals surface area contributed by atoms with E-state index in [1.165, 1.54) is 25.2 Å². The number of aromatic nitrogens is 2. The number of Topliss-reactive ketones (excluding diaryl/α,β-unsaturated/α-hetero) is 1. The van der Waals surface area contributed by atoms with Crippen LogP contribution in [-0.4, -0.2) is 58.6 Å². The Morgan fingerprint density at radius 2 is 1.86 bits per heavy atom. The van der Waals surface area contributed by atoms with Gasteiger partial charge in [-0.15, -0.1) is 0 Å². The number of likely N-dealkylation sites (tertiary alicyclic amines) is 1. The highest BCUT2D eigenvalue weighted by Gasteiger charge is 2.47. The first-order chi connectivity index (χ1) is 17.9. The summed E-state index contributed by atoms with van der Waals surface area (Å²) in [6.07, 6.45) is 5.75. The number of benzene rings is 2. The molecule has 0 saturated carbocycles. The highest BCUT2D eigenvalue weighted by molar-refractivity contribution is 6.46. The molecule has 194 valence electrons. The third kappa shape index (κ3) is 5.27. The van der Waals surface area contributed by atoms with Gasteiger partial charge in [-0.25, -0.2) is 4.98 Å². The number of methoxy groups -OCH3 is 2. The topological polar surface area (TPSA) is 103 Å². The largest absolute Gasteiger partial charge is 0.507 e. The lowest BCUT2D eigenvalue weighted by Crippen LogP contribution is -2.31. The van der Waals surface area contributed by atoms with E-state index >= 15 is 0 Å². The fourth-order valence-electron chi connectivity index (χ4n) is 4.41. The summed E-state index contributed by atoms with van der Waals surface area (Å²) in [4.78, 5) is 32.1. The molecule has 1 amide bonds. The molecule has 1 aliphatic rings. The lowest BCUT2D eigenvalue weighted by molar-refractivity contribution is -0.140. The number of imidazole rings is 1. The van der Waals surface area contributed by atoms with Crippen LogP contribution >= 0.6 is 11.6 Å². The van der Waals surface area contributed by atoms with Gasteiger partial charge in [-0.3, -0.25) is 9.59 Å². The first-order valence-electron chi connectivity index (χ1n) is 11.8. The van der Waals surface area contributed by atoms with Gasteiger partial charge >= 0.3 is 0 Å². The summed E-state index contributed by atoms with van der Waals surface area (Å²) in [7, 11) is 3.03. The number of carbonyl (C=O) groups excluding carboxylic acids is 2. The van der Waals surface area contributed by atoms with E-state index < -0.39 is 17.7 Å². The molecule has 1 saturated heterocycles. The minimum Gasteiger partial charge on any atom is -0.507 e. The summed E-state index contributed by atoms with van der Waals surface area (Å²) in [5.74, 6) is -0.423. The van der Waals surface area contributed by atoms with Gasteiger partial charge in [-0.1, -0.05) is 11.6 Å². The van der Waals surface area contributed by atoms with Gasteiger partial charge < -0.3 is 28.8 Å². The van der Waals surface area contributed by atoms with Gasteiger partial charge in [0.15, 0.2) is 0 Å². The van der Waals surface area contributed by atoms with E-state index in [1.807, 2.05) is 17.7 Å². The normalized spacial score (nSPS) is 16.8. The third-order valence-electron chi connectivity index (χ3n) is 6.15. The molecule has 1 N–H and O–H groups in total.